The van der Waals surface area contributed by atoms with E-state index < -0.39 is 34.6 Å². The summed E-state index contributed by atoms with van der Waals surface area (Å²) in [6.45, 7) is 1.45. The molecule has 2 amide bonds. The summed E-state index contributed by atoms with van der Waals surface area (Å²) in [4.78, 5) is 33.2. The third kappa shape index (κ3) is 4.01. The van der Waals surface area contributed by atoms with E-state index >= 15 is 0 Å². The molecule has 6 nitrogen and oxygen atoms in total. The summed E-state index contributed by atoms with van der Waals surface area (Å²) in [5, 5.41) is 13.5. The van der Waals surface area contributed by atoms with Crippen LogP contribution in [0.15, 0.2) is 12.1 Å². The highest BCUT2D eigenvalue weighted by Crippen LogP contribution is 2.15. The molecule has 0 saturated heterocycles. The number of carboxylic acid groups (broad SMARTS) is 1. The van der Waals surface area contributed by atoms with E-state index in [1.54, 1.807) is 0 Å². The Morgan fingerprint density at radius 1 is 1.05 bits per heavy atom. The molecule has 0 spiro atoms. The molecule has 0 unspecified atom stereocenters. The second-order valence-electron chi connectivity index (χ2n) is 3.86. The van der Waals surface area contributed by atoms with Crippen molar-refractivity contribution >= 4 is 17.8 Å². The van der Waals surface area contributed by atoms with Gasteiger partial charge in [-0.2, -0.15) is 0 Å². The van der Waals surface area contributed by atoms with Gasteiger partial charge in [-0.25, -0.2) is 13.6 Å². The van der Waals surface area contributed by atoms with Crippen molar-refractivity contribution in [3.8, 4) is 0 Å². The highest BCUT2D eigenvalue weighted by molar-refractivity contribution is 6.04. The average molecular weight is 286 g/mol. The van der Waals surface area contributed by atoms with Crippen molar-refractivity contribution in [2.75, 3.05) is 13.1 Å². The second kappa shape index (κ2) is 6.60. The van der Waals surface area contributed by atoms with Crippen molar-refractivity contribution < 1.29 is 28.3 Å². The zero-order valence-electron chi connectivity index (χ0n) is 10.5. The van der Waals surface area contributed by atoms with Gasteiger partial charge >= 0.3 is 5.97 Å². The molecule has 8 heteroatoms. The van der Waals surface area contributed by atoms with Crippen LogP contribution < -0.4 is 10.6 Å². The van der Waals surface area contributed by atoms with Gasteiger partial charge in [0.2, 0.25) is 5.91 Å². The van der Waals surface area contributed by atoms with Gasteiger partial charge in [0.05, 0.1) is 11.1 Å². The Bertz CT molecular complexity index is 561. The Labute approximate surface area is 112 Å². The quantitative estimate of drug-likeness (QED) is 0.688. The van der Waals surface area contributed by atoms with Gasteiger partial charge < -0.3 is 15.7 Å². The van der Waals surface area contributed by atoms with Crippen LogP contribution in [-0.4, -0.2) is 36.0 Å². The Morgan fingerprint density at radius 3 is 2.05 bits per heavy atom. The van der Waals surface area contributed by atoms with Gasteiger partial charge in [-0.3, -0.25) is 9.59 Å². The minimum atomic E-state index is -1.55. The van der Waals surface area contributed by atoms with Gasteiger partial charge in [0.1, 0.15) is 0 Å². The molecule has 1 aromatic rings. The highest BCUT2D eigenvalue weighted by Gasteiger charge is 2.20. The molecule has 0 heterocycles. The van der Waals surface area contributed by atoms with Crippen LogP contribution in [0.5, 0.6) is 0 Å². The summed E-state index contributed by atoms with van der Waals surface area (Å²) in [7, 11) is 0. The van der Waals surface area contributed by atoms with Crippen LogP contribution in [0.1, 0.15) is 27.6 Å². The number of aromatic carboxylic acids is 1. The Balaban J connectivity index is 2.84. The van der Waals surface area contributed by atoms with Crippen molar-refractivity contribution in [1.82, 2.24) is 10.6 Å². The van der Waals surface area contributed by atoms with Crippen LogP contribution in [-0.2, 0) is 4.79 Å². The predicted octanol–water partition coefficient (Wildman–Crippen LogP) is 0.529. The molecule has 3 N–H and O–H groups in total. The summed E-state index contributed by atoms with van der Waals surface area (Å²) >= 11 is 0. The lowest BCUT2D eigenvalue weighted by atomic mass is 10.1. The van der Waals surface area contributed by atoms with Crippen molar-refractivity contribution in [3.05, 3.63) is 34.9 Å². The number of nitrogens with one attached hydrogen (secondary N) is 2. The van der Waals surface area contributed by atoms with Gasteiger partial charge in [-0.05, 0) is 12.1 Å². The van der Waals surface area contributed by atoms with E-state index in [1.165, 1.54) is 6.92 Å². The average Bonchev–Trinajstić information content (AvgIpc) is 2.36. The van der Waals surface area contributed by atoms with Crippen LogP contribution in [0, 0.1) is 11.6 Å². The molecule has 0 fully saturated rings. The summed E-state index contributed by atoms with van der Waals surface area (Å²) in [5.41, 5.74) is -1.12. The minimum absolute atomic E-state index is 0.0243. The van der Waals surface area contributed by atoms with Crippen molar-refractivity contribution in [3.63, 3.8) is 0 Å². The maximum Gasteiger partial charge on any atom is 0.336 e. The standard InChI is InChI=1S/C12H12F2N2O4/c1-6(17)15-2-3-16-11(18)7-4-9(13)10(14)5-8(7)12(19)20/h4-5H,2-3H2,1H3,(H,15,17)(H,16,18)(H,19,20). The second-order valence-corrected chi connectivity index (χ2v) is 3.86. The normalized spacial score (nSPS) is 9.95. The highest BCUT2D eigenvalue weighted by atomic mass is 19.2. The van der Waals surface area contributed by atoms with E-state index in [2.05, 4.69) is 10.6 Å². The summed E-state index contributed by atoms with van der Waals surface area (Å²) < 4.78 is 26.0. The van der Waals surface area contributed by atoms with E-state index in [9.17, 15) is 23.2 Å². The molecule has 0 bridgehead atoms. The summed E-state index contributed by atoms with van der Waals surface area (Å²) in [5.74, 6) is -5.37. The smallest absolute Gasteiger partial charge is 0.336 e. The number of hydrogen-bond donors (Lipinski definition) is 3. The SMILES string of the molecule is CC(=O)NCCNC(=O)c1cc(F)c(F)cc1C(=O)O. The van der Waals surface area contributed by atoms with Crippen LogP contribution in [0.25, 0.3) is 0 Å². The molecule has 108 valence electrons. The first-order chi connectivity index (χ1) is 9.32. The first-order valence-corrected chi connectivity index (χ1v) is 5.58. The van der Waals surface area contributed by atoms with Crippen LogP contribution in [0.3, 0.4) is 0 Å². The van der Waals surface area contributed by atoms with Crippen LogP contribution in [0.4, 0.5) is 8.78 Å². The van der Waals surface area contributed by atoms with Crippen molar-refractivity contribution in [2.45, 2.75) is 6.92 Å². The van der Waals surface area contributed by atoms with Crippen molar-refractivity contribution in [1.29, 1.82) is 0 Å². The number of benzene rings is 1. The molecule has 20 heavy (non-hydrogen) atoms. The molecule has 0 radical (unpaired) electrons. The number of carbonyl (C=O) groups is 3. The molecule has 0 aliphatic rings. The molecule has 1 aromatic carbocycles. The monoisotopic (exact) mass is 286 g/mol. The fourth-order valence-corrected chi connectivity index (χ4v) is 1.42. The van der Waals surface area contributed by atoms with E-state index in [-0.39, 0.29) is 19.0 Å². The Morgan fingerprint density at radius 2 is 1.55 bits per heavy atom. The third-order valence-corrected chi connectivity index (χ3v) is 2.32. The molecular weight excluding hydrogens is 274 g/mol. The van der Waals surface area contributed by atoms with Gasteiger partial charge in [0.15, 0.2) is 11.6 Å². The van der Waals surface area contributed by atoms with Crippen molar-refractivity contribution in [2.24, 2.45) is 0 Å². The zero-order chi connectivity index (χ0) is 15.3. The fourth-order valence-electron chi connectivity index (χ4n) is 1.42. The number of rotatable bonds is 5. The largest absolute Gasteiger partial charge is 0.478 e. The maximum atomic E-state index is 13.1. The zero-order valence-corrected chi connectivity index (χ0v) is 10.5. The predicted molar refractivity (Wildman–Crippen MR) is 64.3 cm³/mol. The molecule has 0 saturated carbocycles. The topological polar surface area (TPSA) is 95.5 Å². The molecule has 0 aliphatic carbocycles. The van der Waals surface area contributed by atoms with E-state index in [1.807, 2.05) is 0 Å². The molecule has 1 rings (SSSR count). The molecular formula is C12H12F2N2O4. The number of hydrogen-bond acceptors (Lipinski definition) is 3. The first kappa shape index (κ1) is 15.5. The van der Waals surface area contributed by atoms with Gasteiger partial charge in [-0.15, -0.1) is 0 Å². The molecule has 0 atom stereocenters. The van der Waals surface area contributed by atoms with E-state index in [0.717, 1.165) is 0 Å². The lowest BCUT2D eigenvalue weighted by Crippen LogP contribution is -2.34. The van der Waals surface area contributed by atoms with Crippen LogP contribution >= 0.6 is 0 Å². The maximum absolute atomic E-state index is 13.1. The Kier molecular flexibility index (Phi) is 5.13. The van der Waals surface area contributed by atoms with Gasteiger partial charge in [0.25, 0.3) is 5.91 Å². The van der Waals surface area contributed by atoms with Crippen LogP contribution in [0.2, 0.25) is 0 Å². The fraction of sp³-hybridized carbons (Fsp3) is 0.250. The molecule has 0 aromatic heterocycles. The summed E-state index contributed by atoms with van der Waals surface area (Å²) in [6.07, 6.45) is 0. The van der Waals surface area contributed by atoms with Gasteiger partial charge in [0, 0.05) is 20.0 Å². The number of amides is 2. The van der Waals surface area contributed by atoms with E-state index in [4.69, 9.17) is 5.11 Å². The third-order valence-electron chi connectivity index (χ3n) is 2.32. The Hall–Kier alpha value is -2.51. The lowest BCUT2D eigenvalue weighted by molar-refractivity contribution is -0.118. The van der Waals surface area contributed by atoms with E-state index in [0.29, 0.717) is 12.1 Å². The number of carbonyl (C=O) groups excluding carboxylic acids is 2. The number of halogens is 2. The summed E-state index contributed by atoms with van der Waals surface area (Å²) in [6, 6.07) is 0.965. The van der Waals surface area contributed by atoms with Gasteiger partial charge in [-0.1, -0.05) is 0 Å². The lowest BCUT2D eigenvalue weighted by Gasteiger charge is -2.08. The first-order valence-electron chi connectivity index (χ1n) is 5.58. The number of carboxylic acids is 1. The minimum Gasteiger partial charge on any atom is -0.478 e. The molecule has 0 aliphatic heterocycles.